The van der Waals surface area contributed by atoms with Gasteiger partial charge in [-0.15, -0.1) is 16.4 Å². The van der Waals surface area contributed by atoms with Crippen molar-refractivity contribution in [3.05, 3.63) is 94.4 Å². The summed E-state index contributed by atoms with van der Waals surface area (Å²) in [5.41, 5.74) is 3.64. The van der Waals surface area contributed by atoms with Gasteiger partial charge >= 0.3 is 0 Å². The summed E-state index contributed by atoms with van der Waals surface area (Å²) in [4.78, 5) is 0.706. The van der Waals surface area contributed by atoms with Gasteiger partial charge in [0.25, 0.3) is 0 Å². The third kappa shape index (κ3) is 3.62. The van der Waals surface area contributed by atoms with Gasteiger partial charge in [-0.2, -0.15) is 5.10 Å². The SMILES string of the molecule is Fc1ccc(-c2cs/c(=N/N=C\c3ccc4c(c3)OCO4)n2-c2ccccc2)cc1. The smallest absolute Gasteiger partial charge is 0.231 e. The van der Waals surface area contributed by atoms with Gasteiger partial charge in [-0.05, 0) is 65.7 Å². The van der Waals surface area contributed by atoms with Crippen molar-refractivity contribution in [2.45, 2.75) is 0 Å². The lowest BCUT2D eigenvalue weighted by molar-refractivity contribution is 0.174. The third-order valence-electron chi connectivity index (χ3n) is 4.61. The van der Waals surface area contributed by atoms with Gasteiger partial charge in [0.05, 0.1) is 11.9 Å². The number of halogens is 1. The van der Waals surface area contributed by atoms with Crippen LogP contribution in [0.1, 0.15) is 5.56 Å². The minimum atomic E-state index is -0.265. The Balaban J connectivity index is 1.55. The molecule has 0 unspecified atom stereocenters. The van der Waals surface area contributed by atoms with Crippen LogP contribution in [0.3, 0.4) is 0 Å². The fraction of sp³-hybridized carbons (Fsp3) is 0.0435. The first-order valence-corrected chi connectivity index (χ1v) is 10.1. The van der Waals surface area contributed by atoms with Crippen LogP contribution in [0.2, 0.25) is 0 Å². The van der Waals surface area contributed by atoms with E-state index in [1.807, 2.05) is 58.5 Å². The van der Waals surface area contributed by atoms with Crippen LogP contribution in [0.4, 0.5) is 4.39 Å². The van der Waals surface area contributed by atoms with E-state index in [0.29, 0.717) is 10.6 Å². The lowest BCUT2D eigenvalue weighted by Gasteiger charge is -2.08. The standard InChI is InChI=1S/C23H16FN3O2S/c24-18-9-7-17(8-10-18)20-14-30-23(27(20)19-4-2-1-3-5-19)26-25-13-16-6-11-21-22(12-16)29-15-28-21/h1-14H,15H2/b25-13-,26-23+. The zero-order chi connectivity index (χ0) is 20.3. The number of hydrogen-bond acceptors (Lipinski definition) is 5. The van der Waals surface area contributed by atoms with E-state index in [1.165, 1.54) is 23.5 Å². The molecule has 4 aromatic rings. The van der Waals surface area contributed by atoms with E-state index in [-0.39, 0.29) is 12.6 Å². The van der Waals surface area contributed by atoms with Crippen molar-refractivity contribution in [3.63, 3.8) is 0 Å². The maximum Gasteiger partial charge on any atom is 0.231 e. The van der Waals surface area contributed by atoms with Crippen molar-refractivity contribution in [1.82, 2.24) is 4.57 Å². The van der Waals surface area contributed by atoms with Gasteiger partial charge in [-0.3, -0.25) is 4.57 Å². The highest BCUT2D eigenvalue weighted by molar-refractivity contribution is 7.07. The molecule has 0 amide bonds. The lowest BCUT2D eigenvalue weighted by Crippen LogP contribution is -2.13. The van der Waals surface area contributed by atoms with Gasteiger partial charge < -0.3 is 9.47 Å². The van der Waals surface area contributed by atoms with Crippen LogP contribution in [0.25, 0.3) is 16.9 Å². The Kier molecular flexibility index (Phi) is 4.86. The Morgan fingerprint density at radius 2 is 1.73 bits per heavy atom. The van der Waals surface area contributed by atoms with E-state index in [9.17, 15) is 4.39 Å². The Bertz CT molecular complexity index is 1280. The second kappa shape index (κ2) is 7.96. The van der Waals surface area contributed by atoms with Crippen molar-refractivity contribution in [1.29, 1.82) is 0 Å². The summed E-state index contributed by atoms with van der Waals surface area (Å²) in [5, 5.41) is 10.7. The fourth-order valence-electron chi connectivity index (χ4n) is 3.17. The number of para-hydroxylation sites is 1. The number of aromatic nitrogens is 1. The molecule has 1 aromatic heterocycles. The van der Waals surface area contributed by atoms with Gasteiger partial charge in [0.15, 0.2) is 11.5 Å². The van der Waals surface area contributed by atoms with Crippen molar-refractivity contribution in [3.8, 4) is 28.4 Å². The first-order valence-electron chi connectivity index (χ1n) is 9.26. The van der Waals surface area contributed by atoms with Crippen LogP contribution in [0, 0.1) is 5.82 Å². The molecule has 7 heteroatoms. The molecular formula is C23H16FN3O2S. The Labute approximate surface area is 176 Å². The summed E-state index contributed by atoms with van der Waals surface area (Å²) < 4.78 is 26.1. The number of fused-ring (bicyclic) bond motifs is 1. The summed E-state index contributed by atoms with van der Waals surface area (Å²) in [6.45, 7) is 0.235. The van der Waals surface area contributed by atoms with E-state index >= 15 is 0 Å². The second-order valence-electron chi connectivity index (χ2n) is 6.54. The average Bonchev–Trinajstić information content (AvgIpc) is 3.42. The average molecular weight is 417 g/mol. The van der Waals surface area contributed by atoms with Gasteiger partial charge in [0.2, 0.25) is 11.6 Å². The number of benzene rings is 3. The molecule has 0 spiro atoms. The summed E-state index contributed by atoms with van der Waals surface area (Å²) in [6, 6.07) is 21.9. The quantitative estimate of drug-likeness (QED) is 0.346. The molecule has 0 aliphatic carbocycles. The van der Waals surface area contributed by atoms with Crippen LogP contribution in [0.5, 0.6) is 11.5 Å². The van der Waals surface area contributed by atoms with Crippen molar-refractivity contribution < 1.29 is 13.9 Å². The molecule has 0 bridgehead atoms. The van der Waals surface area contributed by atoms with Crippen LogP contribution >= 0.6 is 11.3 Å². The predicted octanol–water partition coefficient (Wildman–Crippen LogP) is 5.01. The fourth-order valence-corrected chi connectivity index (χ4v) is 4.03. The zero-order valence-electron chi connectivity index (χ0n) is 15.7. The number of thiazole rings is 1. The molecule has 1 aliphatic rings. The van der Waals surface area contributed by atoms with E-state index in [2.05, 4.69) is 10.2 Å². The van der Waals surface area contributed by atoms with Crippen molar-refractivity contribution in [2.24, 2.45) is 10.2 Å². The van der Waals surface area contributed by atoms with Gasteiger partial charge in [0, 0.05) is 11.1 Å². The monoisotopic (exact) mass is 417 g/mol. The maximum atomic E-state index is 13.4. The number of hydrogen-bond donors (Lipinski definition) is 0. The summed E-state index contributed by atoms with van der Waals surface area (Å²) in [5.74, 6) is 1.17. The first kappa shape index (κ1) is 18.3. The molecule has 0 N–H and O–H groups in total. The molecule has 0 saturated carbocycles. The lowest BCUT2D eigenvalue weighted by atomic mass is 10.1. The highest BCUT2D eigenvalue weighted by Gasteiger charge is 2.13. The predicted molar refractivity (Wildman–Crippen MR) is 115 cm³/mol. The molecule has 2 heterocycles. The summed E-state index contributed by atoms with van der Waals surface area (Å²) >= 11 is 1.47. The van der Waals surface area contributed by atoms with E-state index in [0.717, 1.165) is 28.3 Å². The second-order valence-corrected chi connectivity index (χ2v) is 7.38. The molecule has 0 fully saturated rings. The maximum absolute atomic E-state index is 13.4. The molecule has 0 atom stereocenters. The molecule has 5 nitrogen and oxygen atoms in total. The zero-order valence-corrected chi connectivity index (χ0v) is 16.6. The molecule has 1 aliphatic heterocycles. The summed E-state index contributed by atoms with van der Waals surface area (Å²) in [6.07, 6.45) is 1.68. The van der Waals surface area contributed by atoms with Crippen molar-refractivity contribution in [2.75, 3.05) is 6.79 Å². The van der Waals surface area contributed by atoms with E-state index < -0.39 is 0 Å². The van der Waals surface area contributed by atoms with E-state index in [4.69, 9.17) is 9.47 Å². The number of ether oxygens (including phenoxy) is 2. The highest BCUT2D eigenvalue weighted by atomic mass is 32.1. The third-order valence-corrected chi connectivity index (χ3v) is 5.43. The van der Waals surface area contributed by atoms with Gasteiger partial charge in [-0.25, -0.2) is 4.39 Å². The van der Waals surface area contributed by atoms with Crippen LogP contribution in [0.15, 0.2) is 88.4 Å². The summed E-state index contributed by atoms with van der Waals surface area (Å²) in [7, 11) is 0. The molecule has 3 aromatic carbocycles. The highest BCUT2D eigenvalue weighted by Crippen LogP contribution is 2.32. The van der Waals surface area contributed by atoms with Crippen LogP contribution < -0.4 is 14.3 Å². The first-order chi connectivity index (χ1) is 14.8. The Morgan fingerprint density at radius 3 is 2.57 bits per heavy atom. The molecule has 0 radical (unpaired) electrons. The Hall–Kier alpha value is -3.71. The van der Waals surface area contributed by atoms with Crippen LogP contribution in [-0.4, -0.2) is 17.6 Å². The van der Waals surface area contributed by atoms with Gasteiger partial charge in [0.1, 0.15) is 5.82 Å². The topological polar surface area (TPSA) is 48.1 Å². The number of nitrogens with zero attached hydrogens (tertiary/aromatic N) is 3. The molecular weight excluding hydrogens is 401 g/mol. The molecule has 0 saturated heterocycles. The van der Waals surface area contributed by atoms with Crippen molar-refractivity contribution >= 4 is 17.6 Å². The largest absolute Gasteiger partial charge is 0.454 e. The molecule has 148 valence electrons. The van der Waals surface area contributed by atoms with Gasteiger partial charge in [-0.1, -0.05) is 18.2 Å². The van der Waals surface area contributed by atoms with E-state index in [1.54, 1.807) is 18.3 Å². The Morgan fingerprint density at radius 1 is 0.933 bits per heavy atom. The normalized spacial score (nSPS) is 13.3. The minimum absolute atomic E-state index is 0.235. The number of rotatable bonds is 4. The molecule has 5 rings (SSSR count). The van der Waals surface area contributed by atoms with Crippen LogP contribution in [-0.2, 0) is 0 Å². The molecule has 30 heavy (non-hydrogen) atoms. The minimum Gasteiger partial charge on any atom is -0.454 e.